The molecule has 0 saturated heterocycles. The molecule has 0 radical (unpaired) electrons. The Kier molecular flexibility index (Phi) is 4.29. The van der Waals surface area contributed by atoms with E-state index in [1.807, 2.05) is 38.1 Å². The number of fused-ring (bicyclic) bond motifs is 2. The summed E-state index contributed by atoms with van der Waals surface area (Å²) in [7, 11) is 0. The molecular weight excluding hydrogens is 332 g/mol. The third-order valence-electron chi connectivity index (χ3n) is 4.50. The van der Waals surface area contributed by atoms with Crippen LogP contribution in [0, 0.1) is 6.92 Å². The summed E-state index contributed by atoms with van der Waals surface area (Å²) in [5.41, 5.74) is 2.55. The van der Waals surface area contributed by atoms with Crippen molar-refractivity contribution < 1.29 is 18.6 Å². The Morgan fingerprint density at radius 1 is 1.08 bits per heavy atom. The van der Waals surface area contributed by atoms with Crippen molar-refractivity contribution in [2.75, 3.05) is 19.8 Å². The maximum Gasteiger partial charge on any atom is 0.200 e. The van der Waals surface area contributed by atoms with Crippen LogP contribution in [0.2, 0.25) is 0 Å². The number of rotatable bonds is 3. The van der Waals surface area contributed by atoms with Crippen molar-refractivity contribution in [1.82, 2.24) is 0 Å². The Bertz CT molecular complexity index is 1020. The van der Waals surface area contributed by atoms with Crippen LogP contribution in [-0.2, 0) is 0 Å². The van der Waals surface area contributed by atoms with Gasteiger partial charge in [0.15, 0.2) is 11.5 Å². The van der Waals surface area contributed by atoms with Crippen molar-refractivity contribution in [2.24, 2.45) is 0 Å². The topological polar surface area (TPSA) is 57.9 Å². The van der Waals surface area contributed by atoms with Crippen LogP contribution in [0.3, 0.4) is 0 Å². The van der Waals surface area contributed by atoms with Crippen molar-refractivity contribution in [3.63, 3.8) is 0 Å². The molecule has 5 heteroatoms. The summed E-state index contributed by atoms with van der Waals surface area (Å²) in [4.78, 5) is 13.0. The maximum absolute atomic E-state index is 13.0. The molecule has 0 unspecified atom stereocenters. The van der Waals surface area contributed by atoms with Crippen LogP contribution >= 0.6 is 0 Å². The van der Waals surface area contributed by atoms with Crippen LogP contribution in [0.4, 0.5) is 0 Å². The first-order valence-corrected chi connectivity index (χ1v) is 8.77. The summed E-state index contributed by atoms with van der Waals surface area (Å²) in [6, 6.07) is 9.10. The zero-order valence-corrected chi connectivity index (χ0v) is 14.8. The molecule has 4 rings (SSSR count). The van der Waals surface area contributed by atoms with E-state index in [-0.39, 0.29) is 5.43 Å². The van der Waals surface area contributed by atoms with Gasteiger partial charge in [0.25, 0.3) is 0 Å². The third kappa shape index (κ3) is 2.79. The average Bonchev–Trinajstić information content (AvgIpc) is 2.89. The molecule has 134 valence electrons. The lowest BCUT2D eigenvalue weighted by Crippen LogP contribution is -2.06. The fourth-order valence-electron chi connectivity index (χ4n) is 3.16. The van der Waals surface area contributed by atoms with Crippen LogP contribution in [-0.4, -0.2) is 19.8 Å². The summed E-state index contributed by atoms with van der Waals surface area (Å²) in [6.07, 6.45) is 2.34. The molecule has 0 fully saturated rings. The summed E-state index contributed by atoms with van der Waals surface area (Å²) in [6.45, 7) is 5.61. The molecule has 0 aliphatic carbocycles. The molecule has 1 aliphatic rings. The van der Waals surface area contributed by atoms with Gasteiger partial charge in [-0.15, -0.1) is 0 Å². The van der Waals surface area contributed by atoms with Crippen molar-refractivity contribution in [1.29, 1.82) is 0 Å². The fourth-order valence-corrected chi connectivity index (χ4v) is 3.16. The normalized spacial score (nSPS) is 13.5. The molecule has 2 aromatic carbocycles. The van der Waals surface area contributed by atoms with E-state index in [9.17, 15) is 4.79 Å². The number of aryl methyl sites for hydroxylation is 1. The third-order valence-corrected chi connectivity index (χ3v) is 4.50. The van der Waals surface area contributed by atoms with Gasteiger partial charge in [-0.05, 0) is 43.7 Å². The Balaban J connectivity index is 1.83. The van der Waals surface area contributed by atoms with E-state index in [1.165, 1.54) is 6.26 Å². The van der Waals surface area contributed by atoms with Gasteiger partial charge in [0.05, 0.1) is 30.8 Å². The van der Waals surface area contributed by atoms with Crippen molar-refractivity contribution in [2.45, 2.75) is 20.3 Å². The standard InChI is InChI=1S/C21H20O5/c1-3-23-17-8-6-15-20(22)16(12-26-21(15)13(17)2)14-5-7-18-19(11-14)25-10-4-9-24-18/h5-8,11-12H,3-4,9-10H2,1-2H3. The lowest BCUT2D eigenvalue weighted by atomic mass is 10.0. The van der Waals surface area contributed by atoms with Gasteiger partial charge in [-0.25, -0.2) is 0 Å². The number of hydrogen-bond acceptors (Lipinski definition) is 5. The number of benzene rings is 2. The molecule has 3 aromatic rings. The summed E-state index contributed by atoms with van der Waals surface area (Å²) in [5.74, 6) is 2.09. The van der Waals surface area contributed by atoms with E-state index in [1.54, 1.807) is 6.07 Å². The van der Waals surface area contributed by atoms with Gasteiger partial charge in [0.1, 0.15) is 17.6 Å². The molecule has 0 N–H and O–H groups in total. The van der Waals surface area contributed by atoms with Crippen LogP contribution < -0.4 is 19.6 Å². The number of ether oxygens (including phenoxy) is 3. The molecule has 0 spiro atoms. The highest BCUT2D eigenvalue weighted by atomic mass is 16.5. The van der Waals surface area contributed by atoms with Gasteiger partial charge in [-0.2, -0.15) is 0 Å². The quantitative estimate of drug-likeness (QED) is 0.702. The van der Waals surface area contributed by atoms with Gasteiger partial charge in [-0.3, -0.25) is 4.79 Å². The highest BCUT2D eigenvalue weighted by molar-refractivity contribution is 5.85. The molecular formula is C21H20O5. The highest BCUT2D eigenvalue weighted by Crippen LogP contribution is 2.34. The summed E-state index contributed by atoms with van der Waals surface area (Å²) < 4.78 is 22.8. The Labute approximate surface area is 151 Å². The minimum atomic E-state index is -0.0770. The van der Waals surface area contributed by atoms with Crippen LogP contribution in [0.15, 0.2) is 45.8 Å². The van der Waals surface area contributed by atoms with Crippen LogP contribution in [0.1, 0.15) is 18.9 Å². The van der Waals surface area contributed by atoms with Crippen molar-refractivity contribution in [3.8, 4) is 28.4 Å². The van der Waals surface area contributed by atoms with E-state index in [2.05, 4.69) is 0 Å². The average molecular weight is 352 g/mol. The molecule has 0 saturated carbocycles. The van der Waals surface area contributed by atoms with Gasteiger partial charge < -0.3 is 18.6 Å². The maximum atomic E-state index is 13.0. The minimum absolute atomic E-state index is 0.0770. The predicted octanol–water partition coefficient (Wildman–Crippen LogP) is 4.33. The first kappa shape index (κ1) is 16.5. The van der Waals surface area contributed by atoms with Gasteiger partial charge >= 0.3 is 0 Å². The largest absolute Gasteiger partial charge is 0.493 e. The molecule has 1 aromatic heterocycles. The molecule has 0 amide bonds. The second kappa shape index (κ2) is 6.75. The van der Waals surface area contributed by atoms with Crippen LogP contribution in [0.5, 0.6) is 17.2 Å². The fraction of sp³-hybridized carbons (Fsp3) is 0.286. The summed E-state index contributed by atoms with van der Waals surface area (Å²) >= 11 is 0. The second-order valence-electron chi connectivity index (χ2n) is 6.19. The van der Waals surface area contributed by atoms with Gasteiger partial charge in [0.2, 0.25) is 5.43 Å². The van der Waals surface area contributed by atoms with Gasteiger partial charge in [0, 0.05) is 12.0 Å². The molecule has 26 heavy (non-hydrogen) atoms. The number of hydrogen-bond donors (Lipinski definition) is 0. The van der Waals surface area contributed by atoms with E-state index in [4.69, 9.17) is 18.6 Å². The van der Waals surface area contributed by atoms with E-state index in [0.717, 1.165) is 23.3 Å². The van der Waals surface area contributed by atoms with Crippen molar-refractivity contribution in [3.05, 3.63) is 52.4 Å². The molecule has 0 bridgehead atoms. The van der Waals surface area contributed by atoms with E-state index < -0.39 is 0 Å². The molecule has 5 nitrogen and oxygen atoms in total. The second-order valence-corrected chi connectivity index (χ2v) is 6.19. The first-order valence-electron chi connectivity index (χ1n) is 8.77. The zero-order valence-electron chi connectivity index (χ0n) is 14.8. The smallest absolute Gasteiger partial charge is 0.200 e. The molecule has 0 atom stereocenters. The summed E-state index contributed by atoms with van der Waals surface area (Å²) in [5, 5.41) is 0.538. The van der Waals surface area contributed by atoms with Crippen molar-refractivity contribution >= 4 is 11.0 Å². The lowest BCUT2D eigenvalue weighted by molar-refractivity contribution is 0.297. The molecule has 2 heterocycles. The minimum Gasteiger partial charge on any atom is -0.493 e. The molecule has 1 aliphatic heterocycles. The van der Waals surface area contributed by atoms with E-state index >= 15 is 0 Å². The van der Waals surface area contributed by atoms with Gasteiger partial charge in [-0.1, -0.05) is 6.07 Å². The Morgan fingerprint density at radius 2 is 1.88 bits per heavy atom. The zero-order chi connectivity index (χ0) is 18.1. The SMILES string of the molecule is CCOc1ccc2c(=O)c(-c3ccc4c(c3)OCCCO4)coc2c1C. The predicted molar refractivity (Wildman–Crippen MR) is 99.4 cm³/mol. The Hall–Kier alpha value is -2.95. The van der Waals surface area contributed by atoms with Crippen LogP contribution in [0.25, 0.3) is 22.1 Å². The Morgan fingerprint density at radius 3 is 2.69 bits per heavy atom. The van der Waals surface area contributed by atoms with E-state index in [0.29, 0.717) is 47.9 Å². The lowest BCUT2D eigenvalue weighted by Gasteiger charge is -2.11. The highest BCUT2D eigenvalue weighted by Gasteiger charge is 2.16. The monoisotopic (exact) mass is 352 g/mol. The first-order chi connectivity index (χ1) is 12.7.